The summed E-state index contributed by atoms with van der Waals surface area (Å²) in [4.78, 5) is 11.4. The molecule has 0 bridgehead atoms. The maximum atomic E-state index is 11.4. The van der Waals surface area contributed by atoms with E-state index in [0.717, 1.165) is 9.86 Å². The first-order valence-corrected chi connectivity index (χ1v) is 4.66. The number of hydrogen-bond donors (Lipinski definition) is 0. The molecule has 2 nitrogen and oxygen atoms in total. The van der Waals surface area contributed by atoms with E-state index in [9.17, 15) is 4.79 Å². The quantitative estimate of drug-likeness (QED) is 0.707. The molecule has 0 amide bonds. The molecule has 0 unspecified atom stereocenters. The third-order valence-corrected chi connectivity index (χ3v) is 2.34. The van der Waals surface area contributed by atoms with Crippen molar-refractivity contribution in [2.45, 2.75) is 6.92 Å². The molecule has 0 fully saturated rings. The van der Waals surface area contributed by atoms with Gasteiger partial charge in [0.25, 0.3) is 0 Å². The Kier molecular flexibility index (Phi) is 1.96. The molecular weight excluding hydrogens is 232 g/mol. The van der Waals surface area contributed by atoms with Crippen molar-refractivity contribution >= 4 is 26.7 Å². The summed E-state index contributed by atoms with van der Waals surface area (Å²) in [6, 6.07) is 7.41. The standard InChI is InChI=1S/C10H7BrO2/c1-6-4-7-2-3-8(11)5-9(7)10(12)13-6/h2-5H,1H3. The fourth-order valence-electron chi connectivity index (χ4n) is 1.28. The zero-order valence-corrected chi connectivity index (χ0v) is 8.59. The van der Waals surface area contributed by atoms with Gasteiger partial charge in [-0.15, -0.1) is 0 Å². The van der Waals surface area contributed by atoms with Crippen LogP contribution in [0.2, 0.25) is 0 Å². The van der Waals surface area contributed by atoms with E-state index in [2.05, 4.69) is 15.9 Å². The summed E-state index contributed by atoms with van der Waals surface area (Å²) < 4.78 is 5.85. The van der Waals surface area contributed by atoms with Gasteiger partial charge in [-0.2, -0.15) is 0 Å². The van der Waals surface area contributed by atoms with Crippen molar-refractivity contribution in [3.05, 3.63) is 44.9 Å². The van der Waals surface area contributed by atoms with Crippen LogP contribution in [0.25, 0.3) is 10.8 Å². The van der Waals surface area contributed by atoms with E-state index < -0.39 is 0 Å². The van der Waals surface area contributed by atoms with Crippen LogP contribution in [0.4, 0.5) is 0 Å². The summed E-state index contributed by atoms with van der Waals surface area (Å²) in [5.41, 5.74) is -0.281. The van der Waals surface area contributed by atoms with Gasteiger partial charge in [-0.25, -0.2) is 4.79 Å². The average molecular weight is 239 g/mol. The Balaban J connectivity index is 2.95. The minimum Gasteiger partial charge on any atom is -0.428 e. The molecule has 0 atom stereocenters. The lowest BCUT2D eigenvalue weighted by Gasteiger charge is -1.97. The topological polar surface area (TPSA) is 30.2 Å². The maximum absolute atomic E-state index is 11.4. The van der Waals surface area contributed by atoms with Gasteiger partial charge in [0.15, 0.2) is 0 Å². The van der Waals surface area contributed by atoms with Crippen LogP contribution in [0.3, 0.4) is 0 Å². The van der Waals surface area contributed by atoms with Crippen LogP contribution < -0.4 is 5.63 Å². The molecule has 3 heteroatoms. The molecule has 2 rings (SSSR count). The summed E-state index contributed by atoms with van der Waals surface area (Å²) in [7, 11) is 0. The molecule has 0 aliphatic rings. The Bertz CT molecular complexity index is 514. The summed E-state index contributed by atoms with van der Waals surface area (Å²) in [6.45, 7) is 1.77. The van der Waals surface area contributed by atoms with Crippen LogP contribution >= 0.6 is 15.9 Å². The highest BCUT2D eigenvalue weighted by Gasteiger charge is 2.01. The van der Waals surface area contributed by atoms with Gasteiger partial charge in [-0.05, 0) is 30.5 Å². The number of rotatable bonds is 0. The first kappa shape index (κ1) is 8.51. The summed E-state index contributed by atoms with van der Waals surface area (Å²) in [6.07, 6.45) is 0. The van der Waals surface area contributed by atoms with Crippen LogP contribution in [0.5, 0.6) is 0 Å². The first-order valence-electron chi connectivity index (χ1n) is 3.87. The highest BCUT2D eigenvalue weighted by Crippen LogP contribution is 2.17. The smallest absolute Gasteiger partial charge is 0.343 e. The SMILES string of the molecule is Cc1cc2ccc(Br)cc2c(=O)o1. The number of fused-ring (bicyclic) bond motifs is 1. The first-order chi connectivity index (χ1) is 6.16. The molecule has 66 valence electrons. The lowest BCUT2D eigenvalue weighted by molar-refractivity contribution is 0.488. The molecule has 0 saturated carbocycles. The monoisotopic (exact) mass is 238 g/mol. The van der Waals surface area contributed by atoms with E-state index in [4.69, 9.17) is 4.42 Å². The highest BCUT2D eigenvalue weighted by atomic mass is 79.9. The second kappa shape index (κ2) is 3.00. The van der Waals surface area contributed by atoms with Crippen LogP contribution in [0.1, 0.15) is 5.76 Å². The van der Waals surface area contributed by atoms with E-state index in [-0.39, 0.29) is 5.63 Å². The molecular formula is C10H7BrO2. The molecule has 2 aromatic rings. The number of halogens is 1. The molecule has 0 aliphatic heterocycles. The Labute approximate surface area is 83.3 Å². The van der Waals surface area contributed by atoms with Gasteiger partial charge in [0.05, 0.1) is 5.39 Å². The molecule has 1 heterocycles. The molecule has 0 spiro atoms. The molecule has 1 aromatic carbocycles. The van der Waals surface area contributed by atoms with Crippen molar-refractivity contribution < 1.29 is 4.42 Å². The zero-order chi connectivity index (χ0) is 9.42. The zero-order valence-electron chi connectivity index (χ0n) is 7.00. The van der Waals surface area contributed by atoms with Gasteiger partial charge in [-0.3, -0.25) is 0 Å². The van der Waals surface area contributed by atoms with Gasteiger partial charge >= 0.3 is 5.63 Å². The van der Waals surface area contributed by atoms with Crippen molar-refractivity contribution in [2.75, 3.05) is 0 Å². The third kappa shape index (κ3) is 1.52. The average Bonchev–Trinajstić information content (AvgIpc) is 2.06. The van der Waals surface area contributed by atoms with Crippen molar-refractivity contribution in [3.63, 3.8) is 0 Å². The van der Waals surface area contributed by atoms with Crippen LogP contribution in [-0.2, 0) is 0 Å². The summed E-state index contributed by atoms with van der Waals surface area (Å²) >= 11 is 3.30. The fraction of sp³-hybridized carbons (Fsp3) is 0.100. The van der Waals surface area contributed by atoms with Crippen LogP contribution in [0, 0.1) is 6.92 Å². The second-order valence-corrected chi connectivity index (χ2v) is 3.79. The third-order valence-electron chi connectivity index (χ3n) is 1.85. The molecule has 0 saturated heterocycles. The van der Waals surface area contributed by atoms with E-state index in [1.807, 2.05) is 18.2 Å². The van der Waals surface area contributed by atoms with Crippen LogP contribution in [-0.4, -0.2) is 0 Å². The Morgan fingerprint density at radius 2 is 2.08 bits per heavy atom. The second-order valence-electron chi connectivity index (χ2n) is 2.88. The molecule has 1 aromatic heterocycles. The molecule has 13 heavy (non-hydrogen) atoms. The number of aryl methyl sites for hydroxylation is 1. The highest BCUT2D eigenvalue weighted by molar-refractivity contribution is 9.10. The van der Waals surface area contributed by atoms with Crippen molar-refractivity contribution in [2.24, 2.45) is 0 Å². The normalized spacial score (nSPS) is 10.6. The number of hydrogen-bond acceptors (Lipinski definition) is 2. The molecule has 0 N–H and O–H groups in total. The number of benzene rings is 1. The van der Waals surface area contributed by atoms with Crippen LogP contribution in [0.15, 0.2) is 37.9 Å². The Morgan fingerprint density at radius 1 is 1.31 bits per heavy atom. The van der Waals surface area contributed by atoms with Gasteiger partial charge in [0.2, 0.25) is 0 Å². The van der Waals surface area contributed by atoms with E-state index in [1.165, 1.54) is 0 Å². The maximum Gasteiger partial charge on any atom is 0.343 e. The van der Waals surface area contributed by atoms with Crippen molar-refractivity contribution in [3.8, 4) is 0 Å². The largest absolute Gasteiger partial charge is 0.428 e. The predicted octanol–water partition coefficient (Wildman–Crippen LogP) is 2.86. The van der Waals surface area contributed by atoms with Crippen molar-refractivity contribution in [1.29, 1.82) is 0 Å². The van der Waals surface area contributed by atoms with Gasteiger partial charge < -0.3 is 4.42 Å². The van der Waals surface area contributed by atoms with Crippen molar-refractivity contribution in [1.82, 2.24) is 0 Å². The lowest BCUT2D eigenvalue weighted by atomic mass is 10.2. The van der Waals surface area contributed by atoms with E-state index >= 15 is 0 Å². The predicted molar refractivity (Wildman–Crippen MR) is 54.9 cm³/mol. The minimum atomic E-state index is -0.281. The van der Waals surface area contributed by atoms with Gasteiger partial charge in [-0.1, -0.05) is 22.0 Å². The minimum absolute atomic E-state index is 0.281. The van der Waals surface area contributed by atoms with E-state index in [0.29, 0.717) is 11.1 Å². The van der Waals surface area contributed by atoms with E-state index in [1.54, 1.807) is 13.0 Å². The molecule has 0 radical (unpaired) electrons. The Hall–Kier alpha value is -1.09. The Morgan fingerprint density at radius 3 is 2.85 bits per heavy atom. The lowest BCUT2D eigenvalue weighted by Crippen LogP contribution is -1.99. The van der Waals surface area contributed by atoms with Gasteiger partial charge in [0, 0.05) is 4.47 Å². The molecule has 0 aliphatic carbocycles. The summed E-state index contributed by atoms with van der Waals surface area (Å²) in [5.74, 6) is 0.639. The summed E-state index contributed by atoms with van der Waals surface area (Å²) in [5, 5.41) is 1.52. The fourth-order valence-corrected chi connectivity index (χ4v) is 1.64. The van der Waals surface area contributed by atoms with Gasteiger partial charge in [0.1, 0.15) is 5.76 Å².